The summed E-state index contributed by atoms with van der Waals surface area (Å²) in [6, 6.07) is 10.7. The number of anilines is 2. The first-order valence-corrected chi connectivity index (χ1v) is 6.66. The zero-order valence-electron chi connectivity index (χ0n) is 11.1. The van der Waals surface area contributed by atoms with E-state index in [-0.39, 0.29) is 0 Å². The normalized spacial score (nSPS) is 18.6. The number of aromatic nitrogens is 2. The predicted molar refractivity (Wildman–Crippen MR) is 77.6 cm³/mol. The molecule has 1 N–H and O–H groups in total. The van der Waals surface area contributed by atoms with Crippen LogP contribution in [-0.2, 0) is 0 Å². The van der Waals surface area contributed by atoms with Gasteiger partial charge in [0.2, 0.25) is 0 Å². The van der Waals surface area contributed by atoms with Crippen LogP contribution in [0.3, 0.4) is 0 Å². The van der Waals surface area contributed by atoms with Crippen LogP contribution in [0.4, 0.5) is 11.6 Å². The Kier molecular flexibility index (Phi) is 3.31. The Balaban J connectivity index is 1.75. The summed E-state index contributed by atoms with van der Waals surface area (Å²) in [6.45, 7) is 2.06. The molecule has 19 heavy (non-hydrogen) atoms. The highest BCUT2D eigenvalue weighted by molar-refractivity contribution is 5.45. The third-order valence-electron chi connectivity index (χ3n) is 3.66. The first-order chi connectivity index (χ1) is 9.36. The van der Waals surface area contributed by atoms with Crippen molar-refractivity contribution in [1.29, 1.82) is 0 Å². The van der Waals surface area contributed by atoms with Gasteiger partial charge in [-0.25, -0.2) is 4.98 Å². The van der Waals surface area contributed by atoms with Crippen LogP contribution in [0.15, 0.2) is 42.7 Å². The van der Waals surface area contributed by atoms with Crippen LogP contribution in [0, 0.1) is 0 Å². The van der Waals surface area contributed by atoms with Gasteiger partial charge in [-0.15, -0.1) is 0 Å². The SMILES string of the molecule is CNc1cncc(N2CCC(c3ccccc3)C2)n1. The van der Waals surface area contributed by atoms with Gasteiger partial charge in [-0.3, -0.25) is 4.98 Å². The van der Waals surface area contributed by atoms with Crippen LogP contribution in [0.1, 0.15) is 17.9 Å². The van der Waals surface area contributed by atoms with Crippen molar-refractivity contribution in [3.05, 3.63) is 48.3 Å². The second-order valence-corrected chi connectivity index (χ2v) is 4.85. The van der Waals surface area contributed by atoms with Crippen molar-refractivity contribution in [3.8, 4) is 0 Å². The van der Waals surface area contributed by atoms with Gasteiger partial charge in [-0.2, -0.15) is 0 Å². The molecule has 1 aliphatic heterocycles. The van der Waals surface area contributed by atoms with Gasteiger partial charge < -0.3 is 10.2 Å². The standard InChI is InChI=1S/C15H18N4/c1-16-14-9-17-10-15(18-14)19-8-7-13(11-19)12-5-3-2-4-6-12/h2-6,9-10,13H,7-8,11H2,1H3,(H,16,18). The molecule has 0 aliphatic carbocycles. The summed E-state index contributed by atoms with van der Waals surface area (Å²) in [4.78, 5) is 11.1. The summed E-state index contributed by atoms with van der Waals surface area (Å²) < 4.78 is 0. The van der Waals surface area contributed by atoms with Crippen LogP contribution in [0.25, 0.3) is 0 Å². The smallest absolute Gasteiger partial charge is 0.149 e. The van der Waals surface area contributed by atoms with Gasteiger partial charge in [-0.05, 0) is 12.0 Å². The number of hydrogen-bond donors (Lipinski definition) is 1. The quantitative estimate of drug-likeness (QED) is 0.913. The van der Waals surface area contributed by atoms with Crippen LogP contribution in [-0.4, -0.2) is 30.1 Å². The summed E-state index contributed by atoms with van der Waals surface area (Å²) in [6.07, 6.45) is 4.76. The van der Waals surface area contributed by atoms with Gasteiger partial charge >= 0.3 is 0 Å². The van der Waals surface area contributed by atoms with Gasteiger partial charge in [0, 0.05) is 26.1 Å². The van der Waals surface area contributed by atoms with E-state index in [1.54, 1.807) is 6.20 Å². The van der Waals surface area contributed by atoms with Gasteiger partial charge in [0.25, 0.3) is 0 Å². The van der Waals surface area contributed by atoms with Gasteiger partial charge in [0.15, 0.2) is 0 Å². The maximum absolute atomic E-state index is 4.55. The van der Waals surface area contributed by atoms with Gasteiger partial charge in [-0.1, -0.05) is 30.3 Å². The van der Waals surface area contributed by atoms with E-state index >= 15 is 0 Å². The molecule has 1 aromatic carbocycles. The van der Waals surface area contributed by atoms with Crippen molar-refractivity contribution >= 4 is 11.6 Å². The lowest BCUT2D eigenvalue weighted by molar-refractivity contribution is 0.774. The Labute approximate surface area is 113 Å². The van der Waals surface area contributed by atoms with E-state index < -0.39 is 0 Å². The van der Waals surface area contributed by atoms with Crippen molar-refractivity contribution in [2.75, 3.05) is 30.4 Å². The molecule has 0 amide bonds. The second kappa shape index (κ2) is 5.26. The molecule has 0 radical (unpaired) electrons. The van der Waals surface area contributed by atoms with E-state index in [1.165, 1.54) is 12.0 Å². The zero-order valence-corrected chi connectivity index (χ0v) is 11.1. The number of benzene rings is 1. The van der Waals surface area contributed by atoms with Crippen LogP contribution in [0.5, 0.6) is 0 Å². The Morgan fingerprint density at radius 1 is 1.21 bits per heavy atom. The van der Waals surface area contributed by atoms with Gasteiger partial charge in [0.05, 0.1) is 12.4 Å². The van der Waals surface area contributed by atoms with Crippen LogP contribution in [0.2, 0.25) is 0 Å². The Morgan fingerprint density at radius 3 is 2.84 bits per heavy atom. The number of hydrogen-bond acceptors (Lipinski definition) is 4. The average molecular weight is 254 g/mol. The second-order valence-electron chi connectivity index (χ2n) is 4.85. The lowest BCUT2D eigenvalue weighted by Gasteiger charge is -2.17. The third kappa shape index (κ3) is 2.52. The van der Waals surface area contributed by atoms with E-state index in [4.69, 9.17) is 0 Å². The lowest BCUT2D eigenvalue weighted by Crippen LogP contribution is -2.20. The topological polar surface area (TPSA) is 41.1 Å². The van der Waals surface area contributed by atoms with Crippen molar-refractivity contribution in [2.45, 2.75) is 12.3 Å². The molecule has 98 valence electrons. The van der Waals surface area contributed by atoms with Crippen LogP contribution < -0.4 is 10.2 Å². The zero-order chi connectivity index (χ0) is 13.1. The fraction of sp³-hybridized carbons (Fsp3) is 0.333. The summed E-state index contributed by atoms with van der Waals surface area (Å²) in [5.41, 5.74) is 1.42. The fourth-order valence-corrected chi connectivity index (χ4v) is 2.59. The van der Waals surface area contributed by atoms with Crippen molar-refractivity contribution in [3.63, 3.8) is 0 Å². The number of nitrogens with zero attached hydrogens (tertiary/aromatic N) is 3. The van der Waals surface area contributed by atoms with Crippen LogP contribution >= 0.6 is 0 Å². The predicted octanol–water partition coefficient (Wildman–Crippen LogP) is 2.51. The molecule has 1 atom stereocenters. The minimum absolute atomic E-state index is 0.598. The number of nitrogens with one attached hydrogen (secondary N) is 1. The summed E-state index contributed by atoms with van der Waals surface area (Å²) in [5, 5.41) is 3.03. The highest BCUT2D eigenvalue weighted by Gasteiger charge is 2.24. The van der Waals surface area contributed by atoms with Crippen molar-refractivity contribution in [2.24, 2.45) is 0 Å². The Hall–Kier alpha value is -2.10. The molecule has 1 saturated heterocycles. The molecular weight excluding hydrogens is 236 g/mol. The largest absolute Gasteiger partial charge is 0.372 e. The highest BCUT2D eigenvalue weighted by Crippen LogP contribution is 2.29. The summed E-state index contributed by atoms with van der Waals surface area (Å²) in [5.74, 6) is 2.38. The fourth-order valence-electron chi connectivity index (χ4n) is 2.59. The van der Waals surface area contributed by atoms with E-state index in [0.29, 0.717) is 5.92 Å². The molecule has 4 nitrogen and oxygen atoms in total. The molecule has 1 aromatic heterocycles. The summed E-state index contributed by atoms with van der Waals surface area (Å²) >= 11 is 0. The van der Waals surface area contributed by atoms with E-state index in [9.17, 15) is 0 Å². The van der Waals surface area contributed by atoms with Crippen molar-refractivity contribution < 1.29 is 0 Å². The maximum Gasteiger partial charge on any atom is 0.149 e. The minimum Gasteiger partial charge on any atom is -0.372 e. The van der Waals surface area contributed by atoms with E-state index in [1.807, 2.05) is 13.2 Å². The molecule has 0 bridgehead atoms. The minimum atomic E-state index is 0.598. The molecule has 2 heterocycles. The molecule has 1 unspecified atom stereocenters. The summed E-state index contributed by atoms with van der Waals surface area (Å²) in [7, 11) is 1.87. The molecular formula is C15H18N4. The Morgan fingerprint density at radius 2 is 2.05 bits per heavy atom. The number of rotatable bonds is 3. The molecule has 4 heteroatoms. The Bertz CT molecular complexity index is 541. The monoisotopic (exact) mass is 254 g/mol. The lowest BCUT2D eigenvalue weighted by atomic mass is 9.99. The molecule has 3 rings (SSSR count). The molecule has 1 fully saturated rings. The first-order valence-electron chi connectivity index (χ1n) is 6.66. The molecule has 0 spiro atoms. The molecule has 2 aromatic rings. The van der Waals surface area contributed by atoms with Gasteiger partial charge in [0.1, 0.15) is 11.6 Å². The molecule has 1 aliphatic rings. The molecule has 0 saturated carbocycles. The van der Waals surface area contributed by atoms with E-state index in [0.717, 1.165) is 24.7 Å². The highest BCUT2D eigenvalue weighted by atomic mass is 15.2. The average Bonchev–Trinajstić information content (AvgIpc) is 2.98. The first kappa shape index (κ1) is 12.0. The maximum atomic E-state index is 4.55. The van der Waals surface area contributed by atoms with E-state index in [2.05, 4.69) is 50.5 Å². The van der Waals surface area contributed by atoms with Crippen molar-refractivity contribution in [1.82, 2.24) is 9.97 Å². The third-order valence-corrected chi connectivity index (χ3v) is 3.66.